The highest BCUT2D eigenvalue weighted by Gasteiger charge is 2.27. The van der Waals surface area contributed by atoms with Gasteiger partial charge in [0, 0.05) is 13.1 Å². The van der Waals surface area contributed by atoms with E-state index < -0.39 is 0 Å². The van der Waals surface area contributed by atoms with Gasteiger partial charge in [-0.25, -0.2) is 4.98 Å². The van der Waals surface area contributed by atoms with E-state index in [9.17, 15) is 9.59 Å². The first-order valence-corrected chi connectivity index (χ1v) is 10.6. The number of benzene rings is 1. The second-order valence-corrected chi connectivity index (χ2v) is 7.19. The van der Waals surface area contributed by atoms with Crippen LogP contribution in [0.5, 0.6) is 5.75 Å². The molecule has 0 radical (unpaired) electrons. The van der Waals surface area contributed by atoms with Gasteiger partial charge >= 0.3 is 0 Å². The van der Waals surface area contributed by atoms with Gasteiger partial charge in [0.05, 0.1) is 18.0 Å². The minimum Gasteiger partial charge on any atom is -0.492 e. The van der Waals surface area contributed by atoms with E-state index in [0.29, 0.717) is 36.8 Å². The molecule has 2 amide bonds. The van der Waals surface area contributed by atoms with Crippen LogP contribution in [0.1, 0.15) is 72.8 Å². The molecule has 0 bridgehead atoms. The molecule has 1 aromatic heterocycles. The Bertz CT molecular complexity index is 860. The van der Waals surface area contributed by atoms with E-state index >= 15 is 0 Å². The SMILES string of the molecule is CCCCCNC(=O)c1nc(C(=O)Nc2ccccc2OCC)n2c1CCCC2. The second-order valence-electron chi connectivity index (χ2n) is 7.19. The Balaban J connectivity index is 1.81. The number of carbonyl (C=O) groups is 2. The van der Waals surface area contributed by atoms with Gasteiger partial charge in [0.25, 0.3) is 11.8 Å². The van der Waals surface area contributed by atoms with Gasteiger partial charge < -0.3 is 19.9 Å². The van der Waals surface area contributed by atoms with E-state index in [4.69, 9.17) is 4.74 Å². The number of rotatable bonds is 9. The normalized spacial score (nSPS) is 12.9. The van der Waals surface area contributed by atoms with Crippen LogP contribution in [0.25, 0.3) is 0 Å². The monoisotopic (exact) mass is 398 g/mol. The number of hydrogen-bond acceptors (Lipinski definition) is 4. The summed E-state index contributed by atoms with van der Waals surface area (Å²) in [6, 6.07) is 7.31. The van der Waals surface area contributed by atoms with Crippen LogP contribution in [-0.4, -0.2) is 34.5 Å². The lowest BCUT2D eigenvalue weighted by atomic mass is 10.1. The van der Waals surface area contributed by atoms with E-state index in [0.717, 1.165) is 44.2 Å². The van der Waals surface area contributed by atoms with Crippen LogP contribution < -0.4 is 15.4 Å². The molecule has 1 aliphatic rings. The first-order chi connectivity index (χ1) is 14.2. The van der Waals surface area contributed by atoms with E-state index in [-0.39, 0.29) is 17.6 Å². The standard InChI is InChI=1S/C22H30N4O3/c1-3-5-9-14-23-21(27)19-17-12-8-10-15-26(17)20(25-19)22(28)24-16-11-6-7-13-18(16)29-4-2/h6-7,11,13H,3-5,8-10,12,14-15H2,1-2H3,(H,23,27)(H,24,28). The number of amides is 2. The second kappa shape index (κ2) is 10.1. The van der Waals surface area contributed by atoms with Crippen molar-refractivity contribution < 1.29 is 14.3 Å². The number of aromatic nitrogens is 2. The van der Waals surface area contributed by atoms with Crippen molar-refractivity contribution in [3.63, 3.8) is 0 Å². The van der Waals surface area contributed by atoms with Gasteiger partial charge in [0.2, 0.25) is 0 Å². The highest BCUT2D eigenvalue weighted by Crippen LogP contribution is 2.26. The van der Waals surface area contributed by atoms with Gasteiger partial charge in [0.1, 0.15) is 11.4 Å². The van der Waals surface area contributed by atoms with Gasteiger partial charge in [-0.15, -0.1) is 0 Å². The Morgan fingerprint density at radius 2 is 1.97 bits per heavy atom. The summed E-state index contributed by atoms with van der Waals surface area (Å²) >= 11 is 0. The number of para-hydroxylation sites is 2. The summed E-state index contributed by atoms with van der Waals surface area (Å²) in [4.78, 5) is 30.1. The molecule has 1 aromatic carbocycles. The van der Waals surface area contributed by atoms with Crippen molar-refractivity contribution in [1.29, 1.82) is 0 Å². The lowest BCUT2D eigenvalue weighted by Gasteiger charge is -2.17. The maximum atomic E-state index is 13.0. The smallest absolute Gasteiger partial charge is 0.291 e. The third kappa shape index (κ3) is 4.96. The average Bonchev–Trinajstić information content (AvgIpc) is 3.13. The molecule has 0 saturated carbocycles. The Labute approximate surface area is 171 Å². The Morgan fingerprint density at radius 3 is 2.76 bits per heavy atom. The average molecular weight is 399 g/mol. The number of carbonyl (C=O) groups excluding carboxylic acids is 2. The number of imidazole rings is 1. The molecule has 0 unspecified atom stereocenters. The number of anilines is 1. The highest BCUT2D eigenvalue weighted by molar-refractivity contribution is 6.04. The van der Waals surface area contributed by atoms with E-state index in [1.54, 1.807) is 6.07 Å². The lowest BCUT2D eigenvalue weighted by molar-refractivity contribution is 0.0947. The Kier molecular flexibility index (Phi) is 7.27. The summed E-state index contributed by atoms with van der Waals surface area (Å²) in [6.45, 7) is 5.86. The molecular formula is C22H30N4O3. The summed E-state index contributed by atoms with van der Waals surface area (Å²) < 4.78 is 7.48. The number of ether oxygens (including phenoxy) is 1. The number of hydrogen-bond donors (Lipinski definition) is 2. The highest BCUT2D eigenvalue weighted by atomic mass is 16.5. The molecule has 2 N–H and O–H groups in total. The van der Waals surface area contributed by atoms with Crippen molar-refractivity contribution in [2.45, 2.75) is 58.9 Å². The molecule has 29 heavy (non-hydrogen) atoms. The summed E-state index contributed by atoms with van der Waals surface area (Å²) in [5.74, 6) is 0.373. The van der Waals surface area contributed by atoms with E-state index in [1.807, 2.05) is 29.7 Å². The molecule has 2 aromatic rings. The summed E-state index contributed by atoms with van der Waals surface area (Å²) in [5.41, 5.74) is 1.83. The van der Waals surface area contributed by atoms with Crippen LogP contribution in [0, 0.1) is 0 Å². The third-order valence-corrected chi connectivity index (χ3v) is 5.04. The van der Waals surface area contributed by atoms with Crippen molar-refractivity contribution in [3.05, 3.63) is 41.5 Å². The largest absolute Gasteiger partial charge is 0.492 e. The molecule has 0 spiro atoms. The van der Waals surface area contributed by atoms with Gasteiger partial charge in [-0.3, -0.25) is 9.59 Å². The number of nitrogens with zero attached hydrogens (tertiary/aromatic N) is 2. The molecule has 156 valence electrons. The first-order valence-electron chi connectivity index (χ1n) is 10.6. The van der Waals surface area contributed by atoms with Crippen molar-refractivity contribution >= 4 is 17.5 Å². The predicted molar refractivity (Wildman–Crippen MR) is 113 cm³/mol. The summed E-state index contributed by atoms with van der Waals surface area (Å²) in [6.07, 6.45) is 5.85. The van der Waals surface area contributed by atoms with Crippen LogP contribution in [0.3, 0.4) is 0 Å². The quantitative estimate of drug-likeness (QED) is 0.629. The maximum absolute atomic E-state index is 13.0. The third-order valence-electron chi connectivity index (χ3n) is 5.04. The Hall–Kier alpha value is -2.83. The molecule has 7 heteroatoms. The van der Waals surface area contributed by atoms with Gasteiger partial charge in [-0.05, 0) is 44.7 Å². The lowest BCUT2D eigenvalue weighted by Crippen LogP contribution is -2.26. The fourth-order valence-corrected chi connectivity index (χ4v) is 3.59. The van der Waals surface area contributed by atoms with Gasteiger partial charge in [-0.1, -0.05) is 31.9 Å². The zero-order valence-corrected chi connectivity index (χ0v) is 17.3. The van der Waals surface area contributed by atoms with Crippen molar-refractivity contribution in [2.24, 2.45) is 0 Å². The number of fused-ring (bicyclic) bond motifs is 1. The molecule has 0 fully saturated rings. The minimum absolute atomic E-state index is 0.194. The summed E-state index contributed by atoms with van der Waals surface area (Å²) in [5, 5.41) is 5.84. The van der Waals surface area contributed by atoms with Crippen molar-refractivity contribution in [3.8, 4) is 5.75 Å². The topological polar surface area (TPSA) is 85.2 Å². The molecule has 0 saturated heterocycles. The maximum Gasteiger partial charge on any atom is 0.291 e. The zero-order chi connectivity index (χ0) is 20.6. The minimum atomic E-state index is -0.328. The number of unbranched alkanes of at least 4 members (excludes halogenated alkanes) is 2. The summed E-state index contributed by atoms with van der Waals surface area (Å²) in [7, 11) is 0. The van der Waals surface area contributed by atoms with Crippen LogP contribution in [0.2, 0.25) is 0 Å². The molecule has 1 aliphatic heterocycles. The van der Waals surface area contributed by atoms with Crippen LogP contribution >= 0.6 is 0 Å². The first kappa shape index (κ1) is 20.9. The van der Waals surface area contributed by atoms with E-state index in [2.05, 4.69) is 22.5 Å². The molecule has 0 atom stereocenters. The van der Waals surface area contributed by atoms with Crippen LogP contribution in [0.4, 0.5) is 5.69 Å². The van der Waals surface area contributed by atoms with Crippen molar-refractivity contribution in [2.75, 3.05) is 18.5 Å². The zero-order valence-electron chi connectivity index (χ0n) is 17.3. The molecule has 2 heterocycles. The number of nitrogens with one attached hydrogen (secondary N) is 2. The fraction of sp³-hybridized carbons (Fsp3) is 0.500. The Morgan fingerprint density at radius 1 is 1.14 bits per heavy atom. The van der Waals surface area contributed by atoms with Crippen molar-refractivity contribution in [1.82, 2.24) is 14.9 Å². The molecular weight excluding hydrogens is 368 g/mol. The molecule has 7 nitrogen and oxygen atoms in total. The fourth-order valence-electron chi connectivity index (χ4n) is 3.59. The molecule has 0 aliphatic carbocycles. The van der Waals surface area contributed by atoms with Gasteiger partial charge in [0.15, 0.2) is 5.82 Å². The van der Waals surface area contributed by atoms with Gasteiger partial charge in [-0.2, -0.15) is 0 Å². The molecule has 3 rings (SSSR count). The van der Waals surface area contributed by atoms with E-state index in [1.165, 1.54) is 0 Å². The van der Waals surface area contributed by atoms with Crippen LogP contribution in [0.15, 0.2) is 24.3 Å². The van der Waals surface area contributed by atoms with Crippen LogP contribution in [-0.2, 0) is 13.0 Å². The predicted octanol–water partition coefficient (Wildman–Crippen LogP) is 3.79.